The number of nitrogens with one attached hydrogen (secondary N) is 1. The van der Waals surface area contributed by atoms with Crippen LogP contribution < -0.4 is 0 Å². The maximum Gasteiger partial charge on any atom is 0.256 e. The van der Waals surface area contributed by atoms with E-state index in [9.17, 15) is 9.90 Å². The number of aromatic amines is 1. The molecule has 8 nitrogen and oxygen atoms in total. The third-order valence-corrected chi connectivity index (χ3v) is 6.81. The number of hydrogen-bond acceptors (Lipinski definition) is 5. The van der Waals surface area contributed by atoms with E-state index in [0.29, 0.717) is 47.9 Å². The van der Waals surface area contributed by atoms with Gasteiger partial charge in [0, 0.05) is 13.1 Å². The number of imidazole rings is 1. The Hall–Kier alpha value is -3.26. The number of aromatic nitrogens is 5. The molecule has 152 valence electrons. The molecule has 2 fully saturated rings. The summed E-state index contributed by atoms with van der Waals surface area (Å²) in [5.74, 6) is 0.662. The van der Waals surface area contributed by atoms with E-state index < -0.39 is 6.10 Å². The highest BCUT2D eigenvalue weighted by Gasteiger charge is 2.44. The Balaban J connectivity index is 1.26. The van der Waals surface area contributed by atoms with Gasteiger partial charge in [0.25, 0.3) is 5.91 Å². The standard InChI is InChI=1S/C22H22N6O2/c29-20-9-14-11-27(22(30)15-4-3-6-17-21(15)25-26-24-17)10-13(14)8-19(20)28-12-23-16-5-1-2-7-18(16)28/h1-7,12-14,19-20,29H,8-11H2,(H,24,25,26)/t13-,14+,19-,20-/m1/s1. The smallest absolute Gasteiger partial charge is 0.256 e. The maximum atomic E-state index is 13.2. The molecular weight excluding hydrogens is 380 g/mol. The van der Waals surface area contributed by atoms with Gasteiger partial charge in [0.2, 0.25) is 0 Å². The number of carbonyl (C=O) groups excluding carboxylic acids is 1. The molecule has 8 heteroatoms. The zero-order chi connectivity index (χ0) is 20.2. The molecule has 6 rings (SSSR count). The van der Waals surface area contributed by atoms with Crippen molar-refractivity contribution in [2.24, 2.45) is 11.8 Å². The molecule has 1 aliphatic heterocycles. The highest BCUT2D eigenvalue weighted by atomic mass is 16.3. The number of benzene rings is 2. The number of amides is 1. The molecule has 2 aliphatic rings. The first-order valence-corrected chi connectivity index (χ1v) is 10.4. The van der Waals surface area contributed by atoms with E-state index in [0.717, 1.165) is 17.5 Å². The number of para-hydroxylation sites is 3. The summed E-state index contributed by atoms with van der Waals surface area (Å²) in [5.41, 5.74) is 3.87. The van der Waals surface area contributed by atoms with Crippen molar-refractivity contribution in [1.29, 1.82) is 0 Å². The lowest BCUT2D eigenvalue weighted by molar-refractivity contribution is 0.0374. The summed E-state index contributed by atoms with van der Waals surface area (Å²) in [5, 5.41) is 21.8. The lowest BCUT2D eigenvalue weighted by atomic mass is 9.77. The number of aliphatic hydroxyl groups is 1. The van der Waals surface area contributed by atoms with Gasteiger partial charge in [0.05, 0.1) is 35.1 Å². The van der Waals surface area contributed by atoms with Crippen molar-refractivity contribution in [2.45, 2.75) is 25.0 Å². The summed E-state index contributed by atoms with van der Waals surface area (Å²) in [7, 11) is 0. The SMILES string of the molecule is O=C(c1cccc2n[nH]nc12)N1C[C@H]2C[C@@H](n3cnc4ccccc43)[C@H](O)C[C@H]2C1. The van der Waals surface area contributed by atoms with Crippen LogP contribution in [0.4, 0.5) is 0 Å². The molecule has 0 unspecified atom stereocenters. The molecule has 3 heterocycles. The van der Waals surface area contributed by atoms with E-state index in [1.54, 1.807) is 0 Å². The number of likely N-dealkylation sites (tertiary alicyclic amines) is 1. The summed E-state index contributed by atoms with van der Waals surface area (Å²) >= 11 is 0. The largest absolute Gasteiger partial charge is 0.391 e. The second-order valence-corrected chi connectivity index (χ2v) is 8.47. The zero-order valence-electron chi connectivity index (χ0n) is 16.3. The van der Waals surface area contributed by atoms with Crippen LogP contribution in [0.3, 0.4) is 0 Å². The van der Waals surface area contributed by atoms with Gasteiger partial charge in [0.1, 0.15) is 11.0 Å². The maximum absolute atomic E-state index is 13.2. The van der Waals surface area contributed by atoms with Crippen LogP contribution in [0.1, 0.15) is 29.2 Å². The quantitative estimate of drug-likeness (QED) is 0.536. The fraction of sp³-hybridized carbons (Fsp3) is 0.364. The fourth-order valence-electron chi connectivity index (χ4n) is 5.33. The van der Waals surface area contributed by atoms with Crippen LogP contribution >= 0.6 is 0 Å². The van der Waals surface area contributed by atoms with Crippen LogP contribution in [-0.4, -0.2) is 60.1 Å². The van der Waals surface area contributed by atoms with Gasteiger partial charge in [-0.1, -0.05) is 18.2 Å². The molecule has 1 aliphatic carbocycles. The molecular formula is C22H22N6O2. The van der Waals surface area contributed by atoms with Gasteiger partial charge in [-0.2, -0.15) is 15.4 Å². The number of rotatable bonds is 2. The molecule has 0 spiro atoms. The van der Waals surface area contributed by atoms with Crippen molar-refractivity contribution in [3.63, 3.8) is 0 Å². The van der Waals surface area contributed by atoms with Crippen molar-refractivity contribution in [3.8, 4) is 0 Å². The number of aliphatic hydroxyl groups excluding tert-OH is 1. The first-order chi connectivity index (χ1) is 14.7. The van der Waals surface area contributed by atoms with E-state index in [4.69, 9.17) is 0 Å². The topological polar surface area (TPSA) is 99.9 Å². The lowest BCUT2D eigenvalue weighted by Gasteiger charge is -2.36. The van der Waals surface area contributed by atoms with Gasteiger partial charge in [-0.25, -0.2) is 4.98 Å². The van der Waals surface area contributed by atoms with E-state index in [-0.39, 0.29) is 11.9 Å². The molecule has 2 aromatic heterocycles. The summed E-state index contributed by atoms with van der Waals surface area (Å²) in [4.78, 5) is 19.6. The van der Waals surface area contributed by atoms with Crippen LogP contribution in [0, 0.1) is 11.8 Å². The molecule has 0 radical (unpaired) electrons. The van der Waals surface area contributed by atoms with Gasteiger partial charge in [-0.3, -0.25) is 4.79 Å². The minimum atomic E-state index is -0.446. The Morgan fingerprint density at radius 1 is 1.00 bits per heavy atom. The number of nitrogens with zero attached hydrogens (tertiary/aromatic N) is 5. The van der Waals surface area contributed by atoms with E-state index >= 15 is 0 Å². The Kier molecular flexibility index (Phi) is 3.89. The van der Waals surface area contributed by atoms with Crippen molar-refractivity contribution < 1.29 is 9.90 Å². The highest BCUT2D eigenvalue weighted by molar-refractivity contribution is 6.04. The Morgan fingerprint density at radius 2 is 1.80 bits per heavy atom. The monoisotopic (exact) mass is 402 g/mol. The molecule has 1 saturated heterocycles. The number of hydrogen-bond donors (Lipinski definition) is 2. The molecule has 1 saturated carbocycles. The predicted molar refractivity (Wildman–Crippen MR) is 111 cm³/mol. The second-order valence-electron chi connectivity index (χ2n) is 8.47. The van der Waals surface area contributed by atoms with Crippen molar-refractivity contribution in [2.75, 3.05) is 13.1 Å². The van der Waals surface area contributed by atoms with Gasteiger partial charge in [0.15, 0.2) is 0 Å². The van der Waals surface area contributed by atoms with Crippen LogP contribution in [0.15, 0.2) is 48.8 Å². The summed E-state index contributed by atoms with van der Waals surface area (Å²) in [6.45, 7) is 1.37. The van der Waals surface area contributed by atoms with Gasteiger partial charge >= 0.3 is 0 Å². The first kappa shape index (κ1) is 17.6. The van der Waals surface area contributed by atoms with Crippen LogP contribution in [0.5, 0.6) is 0 Å². The van der Waals surface area contributed by atoms with Gasteiger partial charge < -0.3 is 14.6 Å². The lowest BCUT2D eigenvalue weighted by Crippen LogP contribution is -2.36. The minimum Gasteiger partial charge on any atom is -0.391 e. The second kappa shape index (κ2) is 6.63. The van der Waals surface area contributed by atoms with E-state index in [1.807, 2.05) is 53.7 Å². The Morgan fingerprint density at radius 3 is 2.70 bits per heavy atom. The van der Waals surface area contributed by atoms with Crippen LogP contribution in [0.25, 0.3) is 22.1 Å². The number of fused-ring (bicyclic) bond motifs is 3. The molecule has 1 amide bonds. The third-order valence-electron chi connectivity index (χ3n) is 6.81. The average Bonchev–Trinajstić information content (AvgIpc) is 3.49. The van der Waals surface area contributed by atoms with Gasteiger partial charge in [-0.05, 0) is 48.9 Å². The summed E-state index contributed by atoms with van der Waals surface area (Å²) < 4.78 is 2.11. The summed E-state index contributed by atoms with van der Waals surface area (Å²) in [6.07, 6.45) is 2.92. The van der Waals surface area contributed by atoms with Crippen molar-refractivity contribution in [1.82, 2.24) is 29.9 Å². The number of H-pyrrole nitrogens is 1. The number of carbonyl (C=O) groups is 1. The minimum absolute atomic E-state index is 0.0111. The zero-order valence-corrected chi connectivity index (χ0v) is 16.3. The van der Waals surface area contributed by atoms with E-state index in [1.165, 1.54) is 0 Å². The molecule has 4 atom stereocenters. The van der Waals surface area contributed by atoms with Crippen molar-refractivity contribution >= 4 is 28.0 Å². The molecule has 0 bridgehead atoms. The third kappa shape index (κ3) is 2.64. The van der Waals surface area contributed by atoms with E-state index in [2.05, 4.69) is 25.0 Å². The van der Waals surface area contributed by atoms with Crippen molar-refractivity contribution in [3.05, 3.63) is 54.4 Å². The van der Waals surface area contributed by atoms with Crippen LogP contribution in [0.2, 0.25) is 0 Å². The molecule has 30 heavy (non-hydrogen) atoms. The predicted octanol–water partition coefficient (Wildman–Crippen LogP) is 2.39. The van der Waals surface area contributed by atoms with Gasteiger partial charge in [-0.15, -0.1) is 0 Å². The normalized spacial score (nSPS) is 26.4. The fourth-order valence-corrected chi connectivity index (χ4v) is 5.33. The van der Waals surface area contributed by atoms with Crippen LogP contribution in [-0.2, 0) is 0 Å². The Bertz CT molecular complexity index is 1250. The molecule has 4 aromatic rings. The molecule has 2 aromatic carbocycles. The first-order valence-electron chi connectivity index (χ1n) is 10.4. The highest BCUT2D eigenvalue weighted by Crippen LogP contribution is 2.42. The Labute approximate surface area is 172 Å². The average molecular weight is 402 g/mol. The summed E-state index contributed by atoms with van der Waals surface area (Å²) in [6, 6.07) is 13.5. The molecule has 2 N–H and O–H groups in total.